The predicted molar refractivity (Wildman–Crippen MR) is 122 cm³/mol. The van der Waals surface area contributed by atoms with Crippen LogP contribution in [0.1, 0.15) is 41.6 Å². The Balaban J connectivity index is 1.37. The molecule has 0 aliphatic carbocycles. The zero-order chi connectivity index (χ0) is 22.8. The molecule has 170 valence electrons. The van der Waals surface area contributed by atoms with Crippen molar-refractivity contribution in [2.45, 2.75) is 46.0 Å². The van der Waals surface area contributed by atoms with Gasteiger partial charge in [-0.3, -0.25) is 4.79 Å². The number of amides is 1. The van der Waals surface area contributed by atoms with Crippen molar-refractivity contribution in [1.29, 1.82) is 0 Å². The highest BCUT2D eigenvalue weighted by atomic mass is 19.1. The Labute approximate surface area is 188 Å². The van der Waals surface area contributed by atoms with Gasteiger partial charge in [0.2, 0.25) is 11.8 Å². The van der Waals surface area contributed by atoms with Crippen molar-refractivity contribution < 1.29 is 13.9 Å². The molecule has 0 spiro atoms. The molecule has 6 nitrogen and oxygen atoms in total. The first-order chi connectivity index (χ1) is 15.4. The fraction of sp³-hybridized carbons (Fsp3) is 0.480. The maximum absolute atomic E-state index is 13.4. The standard InChI is InChI=1S/C25H31FN4O2/c1-16-21(17(2)27-24-23(16)25(32-4)28-29(24)3)8-9-22(31)30-12-10-18(11-13-30)14-19-6-5-7-20(26)15-19/h5-7,15,18H,8-14H2,1-4H3. The van der Waals surface area contributed by atoms with Crippen molar-refractivity contribution in [3.05, 3.63) is 52.5 Å². The molecule has 3 heterocycles. The number of halogens is 1. The van der Waals surface area contributed by atoms with Gasteiger partial charge in [-0.2, -0.15) is 0 Å². The number of benzene rings is 1. The van der Waals surface area contributed by atoms with E-state index in [0.29, 0.717) is 24.6 Å². The Hall–Kier alpha value is -2.96. The molecule has 32 heavy (non-hydrogen) atoms. The van der Waals surface area contributed by atoms with Crippen molar-refractivity contribution in [2.75, 3.05) is 20.2 Å². The summed E-state index contributed by atoms with van der Waals surface area (Å²) in [5, 5.41) is 5.32. The van der Waals surface area contributed by atoms with E-state index < -0.39 is 0 Å². The average molecular weight is 439 g/mol. The van der Waals surface area contributed by atoms with E-state index in [9.17, 15) is 9.18 Å². The molecular formula is C25H31FN4O2. The number of likely N-dealkylation sites (tertiary alicyclic amines) is 1. The van der Waals surface area contributed by atoms with Gasteiger partial charge in [-0.05, 0) is 74.3 Å². The molecule has 2 aromatic heterocycles. The molecule has 7 heteroatoms. The lowest BCUT2D eigenvalue weighted by Crippen LogP contribution is -2.39. The fourth-order valence-electron chi connectivity index (χ4n) is 4.88. The molecule has 4 rings (SSSR count). The van der Waals surface area contributed by atoms with Gasteiger partial charge in [0, 0.05) is 32.3 Å². The first kappa shape index (κ1) is 22.2. The van der Waals surface area contributed by atoms with Crippen molar-refractivity contribution in [3.8, 4) is 5.88 Å². The van der Waals surface area contributed by atoms with E-state index in [1.54, 1.807) is 23.9 Å². The van der Waals surface area contributed by atoms with Gasteiger partial charge in [-0.25, -0.2) is 14.1 Å². The Kier molecular flexibility index (Phi) is 6.44. The Bertz CT molecular complexity index is 1130. The smallest absolute Gasteiger partial charge is 0.242 e. The summed E-state index contributed by atoms with van der Waals surface area (Å²) in [5.41, 5.74) is 4.95. The minimum atomic E-state index is -0.183. The van der Waals surface area contributed by atoms with Crippen LogP contribution in [0.15, 0.2) is 24.3 Å². The average Bonchev–Trinajstić information content (AvgIpc) is 3.09. The molecule has 1 amide bonds. The molecule has 0 saturated carbocycles. The number of pyridine rings is 1. The highest BCUT2D eigenvalue weighted by Crippen LogP contribution is 2.31. The fourth-order valence-corrected chi connectivity index (χ4v) is 4.88. The third kappa shape index (κ3) is 4.47. The van der Waals surface area contributed by atoms with Crippen LogP contribution in [-0.4, -0.2) is 45.8 Å². The molecule has 3 aromatic rings. The molecule has 1 aromatic carbocycles. The number of rotatable bonds is 6. The summed E-state index contributed by atoms with van der Waals surface area (Å²) in [5.74, 6) is 1.07. The predicted octanol–water partition coefficient (Wildman–Crippen LogP) is 4.15. The highest BCUT2D eigenvalue weighted by molar-refractivity contribution is 5.86. The lowest BCUT2D eigenvalue weighted by Gasteiger charge is -2.32. The van der Waals surface area contributed by atoms with E-state index in [-0.39, 0.29) is 11.7 Å². The van der Waals surface area contributed by atoms with Crippen LogP contribution in [0.5, 0.6) is 5.88 Å². The largest absolute Gasteiger partial charge is 0.479 e. The van der Waals surface area contributed by atoms with Gasteiger partial charge in [-0.15, -0.1) is 5.10 Å². The van der Waals surface area contributed by atoms with Gasteiger partial charge in [0.1, 0.15) is 5.82 Å². The first-order valence-electron chi connectivity index (χ1n) is 11.3. The number of hydrogen-bond acceptors (Lipinski definition) is 4. The summed E-state index contributed by atoms with van der Waals surface area (Å²) < 4.78 is 20.6. The molecule has 0 atom stereocenters. The molecule has 0 N–H and O–H groups in total. The van der Waals surface area contributed by atoms with Crippen LogP contribution in [0.3, 0.4) is 0 Å². The maximum atomic E-state index is 13.4. The molecule has 1 aliphatic rings. The number of ether oxygens (including phenoxy) is 1. The lowest BCUT2D eigenvalue weighted by molar-refractivity contribution is -0.132. The van der Waals surface area contributed by atoms with Crippen LogP contribution in [0.4, 0.5) is 4.39 Å². The minimum absolute atomic E-state index is 0.183. The van der Waals surface area contributed by atoms with Gasteiger partial charge in [0.05, 0.1) is 12.5 Å². The second-order valence-electron chi connectivity index (χ2n) is 8.79. The Morgan fingerprint density at radius 3 is 2.69 bits per heavy atom. The minimum Gasteiger partial charge on any atom is -0.479 e. The quantitative estimate of drug-likeness (QED) is 0.580. The number of nitrogens with zero attached hydrogens (tertiary/aromatic N) is 4. The molecular weight excluding hydrogens is 407 g/mol. The number of methoxy groups -OCH3 is 1. The number of carbonyl (C=O) groups excluding carboxylic acids is 1. The molecule has 1 saturated heterocycles. The van der Waals surface area contributed by atoms with Crippen LogP contribution in [0.2, 0.25) is 0 Å². The summed E-state index contributed by atoms with van der Waals surface area (Å²) >= 11 is 0. The Morgan fingerprint density at radius 1 is 1.25 bits per heavy atom. The highest BCUT2D eigenvalue weighted by Gasteiger charge is 2.24. The van der Waals surface area contributed by atoms with Crippen LogP contribution >= 0.6 is 0 Å². The van der Waals surface area contributed by atoms with E-state index in [2.05, 4.69) is 12.0 Å². The zero-order valence-corrected chi connectivity index (χ0v) is 19.3. The van der Waals surface area contributed by atoms with Crippen LogP contribution in [0, 0.1) is 25.6 Å². The maximum Gasteiger partial charge on any atom is 0.242 e. The number of piperidine rings is 1. The first-order valence-corrected chi connectivity index (χ1v) is 11.3. The lowest BCUT2D eigenvalue weighted by atomic mass is 9.90. The van der Waals surface area contributed by atoms with Crippen LogP contribution in [-0.2, 0) is 24.7 Å². The van der Waals surface area contributed by atoms with Gasteiger partial charge in [0.15, 0.2) is 5.65 Å². The topological polar surface area (TPSA) is 60.2 Å². The van der Waals surface area contributed by atoms with E-state index in [4.69, 9.17) is 9.72 Å². The number of fused-ring (bicyclic) bond motifs is 1. The van der Waals surface area contributed by atoms with Gasteiger partial charge >= 0.3 is 0 Å². The number of aromatic nitrogens is 3. The molecule has 1 fully saturated rings. The third-order valence-corrected chi connectivity index (χ3v) is 6.69. The second-order valence-corrected chi connectivity index (χ2v) is 8.79. The van der Waals surface area contributed by atoms with Crippen molar-refractivity contribution >= 4 is 16.9 Å². The van der Waals surface area contributed by atoms with Gasteiger partial charge in [0.25, 0.3) is 0 Å². The van der Waals surface area contributed by atoms with Crippen LogP contribution < -0.4 is 4.74 Å². The van der Waals surface area contributed by atoms with E-state index in [1.165, 1.54) is 6.07 Å². The summed E-state index contributed by atoms with van der Waals surface area (Å²) in [6.07, 6.45) is 3.91. The number of carbonyl (C=O) groups is 1. The van der Waals surface area contributed by atoms with E-state index in [1.807, 2.05) is 24.9 Å². The third-order valence-electron chi connectivity index (χ3n) is 6.69. The molecule has 1 aliphatic heterocycles. The Morgan fingerprint density at radius 2 is 2.00 bits per heavy atom. The summed E-state index contributed by atoms with van der Waals surface area (Å²) in [6.45, 7) is 5.58. The van der Waals surface area contributed by atoms with Crippen LogP contribution in [0.25, 0.3) is 11.0 Å². The van der Waals surface area contributed by atoms with Crippen molar-refractivity contribution in [2.24, 2.45) is 13.0 Å². The monoisotopic (exact) mass is 438 g/mol. The molecule has 0 bridgehead atoms. The van der Waals surface area contributed by atoms with Gasteiger partial charge < -0.3 is 9.64 Å². The normalized spacial score (nSPS) is 14.8. The van der Waals surface area contributed by atoms with E-state index >= 15 is 0 Å². The second kappa shape index (κ2) is 9.27. The molecule has 0 unspecified atom stereocenters. The zero-order valence-electron chi connectivity index (χ0n) is 19.3. The van der Waals surface area contributed by atoms with Crippen molar-refractivity contribution in [3.63, 3.8) is 0 Å². The number of hydrogen-bond donors (Lipinski definition) is 0. The summed E-state index contributed by atoms with van der Waals surface area (Å²) in [7, 11) is 3.47. The number of aryl methyl sites for hydroxylation is 3. The summed E-state index contributed by atoms with van der Waals surface area (Å²) in [6, 6.07) is 6.84. The van der Waals surface area contributed by atoms with E-state index in [0.717, 1.165) is 65.8 Å². The summed E-state index contributed by atoms with van der Waals surface area (Å²) in [4.78, 5) is 19.6. The van der Waals surface area contributed by atoms with Crippen molar-refractivity contribution in [1.82, 2.24) is 19.7 Å². The van der Waals surface area contributed by atoms with Gasteiger partial charge in [-0.1, -0.05) is 12.1 Å². The SMILES string of the molecule is COc1nn(C)c2nc(C)c(CCC(=O)N3CCC(Cc4cccc(F)c4)CC3)c(C)c12. The molecule has 0 radical (unpaired) electrons.